The number of nitrogens with zero attached hydrogens (tertiary/aromatic N) is 2. The fourth-order valence-electron chi connectivity index (χ4n) is 3.76. The maximum Gasteiger partial charge on any atom is 0.191 e. The molecule has 0 unspecified atom stereocenters. The smallest absolute Gasteiger partial charge is 0.191 e. The van der Waals surface area contributed by atoms with Crippen LogP contribution in [0.4, 0.5) is 0 Å². The van der Waals surface area contributed by atoms with Crippen LogP contribution in [0.5, 0.6) is 5.75 Å². The molecule has 1 aliphatic carbocycles. The molecule has 3 rings (SSSR count). The lowest BCUT2D eigenvalue weighted by molar-refractivity contribution is 0.232. The van der Waals surface area contributed by atoms with Crippen LogP contribution in [0.3, 0.4) is 0 Å². The number of likely N-dealkylation sites (tertiary alicyclic amines) is 1. The summed E-state index contributed by atoms with van der Waals surface area (Å²) >= 11 is 0. The Hall–Kier alpha value is -1.02. The maximum atomic E-state index is 5.56. The molecule has 146 valence electrons. The molecule has 0 atom stereocenters. The van der Waals surface area contributed by atoms with Gasteiger partial charge in [0, 0.05) is 37.7 Å². The van der Waals surface area contributed by atoms with Gasteiger partial charge >= 0.3 is 0 Å². The molecule has 2 fully saturated rings. The summed E-state index contributed by atoms with van der Waals surface area (Å²) in [6, 6.07) is 8.39. The molecule has 2 N–H and O–H groups in total. The predicted molar refractivity (Wildman–Crippen MR) is 119 cm³/mol. The second-order valence-electron chi connectivity index (χ2n) is 7.24. The maximum absolute atomic E-state index is 5.56. The fraction of sp³-hybridized carbons (Fsp3) is 0.650. The predicted octanol–water partition coefficient (Wildman–Crippen LogP) is 3.00. The Morgan fingerprint density at radius 2 is 1.88 bits per heavy atom. The topological polar surface area (TPSA) is 48.9 Å². The number of piperidine rings is 1. The minimum absolute atomic E-state index is 0. The van der Waals surface area contributed by atoms with Crippen molar-refractivity contribution in [2.45, 2.75) is 37.5 Å². The summed E-state index contributed by atoms with van der Waals surface area (Å²) in [4.78, 5) is 6.93. The van der Waals surface area contributed by atoms with E-state index < -0.39 is 0 Å². The third kappa shape index (κ3) is 5.49. The van der Waals surface area contributed by atoms with Crippen molar-refractivity contribution in [3.8, 4) is 5.75 Å². The summed E-state index contributed by atoms with van der Waals surface area (Å²) in [6.45, 7) is 5.42. The second kappa shape index (κ2) is 10.3. The number of ether oxygens (including phenoxy) is 1. The van der Waals surface area contributed by atoms with Gasteiger partial charge in [0.15, 0.2) is 5.96 Å². The standard InChI is InChI=1S/C20H32N4O.HI/c1-21-19(22-12-15-24-13-6-3-7-14-24)23-16-20(10-11-20)17-8-4-5-9-18(17)25-2;/h4-5,8-9H,3,6-7,10-16H2,1-2H3,(H2,21,22,23);1H. The minimum Gasteiger partial charge on any atom is -0.496 e. The zero-order chi connectivity index (χ0) is 17.5. The van der Waals surface area contributed by atoms with Gasteiger partial charge in [-0.05, 0) is 44.8 Å². The first kappa shape index (κ1) is 21.3. The largest absolute Gasteiger partial charge is 0.496 e. The zero-order valence-corrected chi connectivity index (χ0v) is 18.4. The van der Waals surface area contributed by atoms with Crippen LogP contribution >= 0.6 is 24.0 Å². The van der Waals surface area contributed by atoms with Crippen molar-refractivity contribution in [3.05, 3.63) is 29.8 Å². The molecule has 1 aliphatic heterocycles. The molecular weight excluding hydrogens is 439 g/mol. The number of para-hydroxylation sites is 1. The van der Waals surface area contributed by atoms with Crippen molar-refractivity contribution >= 4 is 29.9 Å². The summed E-state index contributed by atoms with van der Waals surface area (Å²) in [6.07, 6.45) is 6.47. The van der Waals surface area contributed by atoms with Crippen LogP contribution in [-0.2, 0) is 5.41 Å². The van der Waals surface area contributed by atoms with Crippen LogP contribution in [0.15, 0.2) is 29.3 Å². The summed E-state index contributed by atoms with van der Waals surface area (Å²) in [5.41, 5.74) is 1.51. The lowest BCUT2D eigenvalue weighted by Gasteiger charge is -2.27. The number of hydrogen-bond donors (Lipinski definition) is 2. The molecule has 1 aromatic rings. The first-order chi connectivity index (χ1) is 12.3. The van der Waals surface area contributed by atoms with E-state index >= 15 is 0 Å². The highest BCUT2D eigenvalue weighted by atomic mass is 127. The normalized spacial score (nSPS) is 19.4. The molecule has 0 bridgehead atoms. The number of rotatable bonds is 7. The second-order valence-corrected chi connectivity index (χ2v) is 7.24. The molecular formula is C20H33IN4O. The first-order valence-corrected chi connectivity index (χ1v) is 9.58. The molecule has 5 nitrogen and oxygen atoms in total. The van der Waals surface area contributed by atoms with Gasteiger partial charge in [-0.1, -0.05) is 24.6 Å². The number of benzene rings is 1. The Bertz CT molecular complexity index is 583. The molecule has 1 heterocycles. The van der Waals surface area contributed by atoms with Gasteiger partial charge in [0.1, 0.15) is 5.75 Å². The number of aliphatic imine (C=N–C) groups is 1. The lowest BCUT2D eigenvalue weighted by Crippen LogP contribution is -2.44. The van der Waals surface area contributed by atoms with Gasteiger partial charge in [-0.3, -0.25) is 4.99 Å². The molecule has 1 saturated carbocycles. The zero-order valence-electron chi connectivity index (χ0n) is 16.1. The Kier molecular flexibility index (Phi) is 8.47. The van der Waals surface area contributed by atoms with Gasteiger partial charge in [0.2, 0.25) is 0 Å². The van der Waals surface area contributed by atoms with Crippen molar-refractivity contribution in [1.82, 2.24) is 15.5 Å². The van der Waals surface area contributed by atoms with E-state index in [1.165, 1.54) is 50.8 Å². The highest BCUT2D eigenvalue weighted by molar-refractivity contribution is 14.0. The SMILES string of the molecule is CN=C(NCCN1CCCCC1)NCC1(c2ccccc2OC)CC1.I. The molecule has 6 heteroatoms. The molecule has 2 aliphatic rings. The molecule has 0 amide bonds. The Balaban J connectivity index is 0.00000243. The monoisotopic (exact) mass is 472 g/mol. The van der Waals surface area contributed by atoms with Crippen molar-refractivity contribution < 1.29 is 4.74 Å². The van der Waals surface area contributed by atoms with Crippen LogP contribution < -0.4 is 15.4 Å². The van der Waals surface area contributed by atoms with E-state index in [0.29, 0.717) is 0 Å². The molecule has 0 aromatic heterocycles. The summed E-state index contributed by atoms with van der Waals surface area (Å²) < 4.78 is 5.56. The first-order valence-electron chi connectivity index (χ1n) is 9.58. The van der Waals surface area contributed by atoms with E-state index in [9.17, 15) is 0 Å². The molecule has 26 heavy (non-hydrogen) atoms. The van der Waals surface area contributed by atoms with Crippen molar-refractivity contribution in [1.29, 1.82) is 0 Å². The van der Waals surface area contributed by atoms with Gasteiger partial charge in [0.05, 0.1) is 7.11 Å². The van der Waals surface area contributed by atoms with Gasteiger partial charge in [-0.15, -0.1) is 24.0 Å². The van der Waals surface area contributed by atoms with Crippen LogP contribution in [0, 0.1) is 0 Å². The summed E-state index contributed by atoms with van der Waals surface area (Å²) in [5.74, 6) is 1.90. The van der Waals surface area contributed by atoms with E-state index in [0.717, 1.165) is 31.3 Å². The Morgan fingerprint density at radius 3 is 2.54 bits per heavy atom. The molecule has 0 radical (unpaired) electrons. The number of nitrogens with one attached hydrogen (secondary N) is 2. The van der Waals surface area contributed by atoms with Gasteiger partial charge in [-0.25, -0.2) is 0 Å². The van der Waals surface area contributed by atoms with E-state index in [1.54, 1.807) is 7.11 Å². The van der Waals surface area contributed by atoms with Crippen LogP contribution in [0.1, 0.15) is 37.7 Å². The molecule has 1 saturated heterocycles. The Morgan fingerprint density at radius 1 is 1.15 bits per heavy atom. The molecule has 1 aromatic carbocycles. The van der Waals surface area contributed by atoms with Gasteiger partial charge in [-0.2, -0.15) is 0 Å². The van der Waals surface area contributed by atoms with E-state index in [1.807, 2.05) is 13.1 Å². The number of methoxy groups -OCH3 is 1. The fourth-order valence-corrected chi connectivity index (χ4v) is 3.76. The Labute approximate surface area is 175 Å². The van der Waals surface area contributed by atoms with Crippen molar-refractivity contribution in [2.24, 2.45) is 4.99 Å². The highest BCUT2D eigenvalue weighted by Crippen LogP contribution is 2.50. The number of hydrogen-bond acceptors (Lipinski definition) is 3. The average Bonchev–Trinajstić information content (AvgIpc) is 3.46. The molecule has 0 spiro atoms. The van der Waals surface area contributed by atoms with Crippen molar-refractivity contribution in [3.63, 3.8) is 0 Å². The average molecular weight is 472 g/mol. The van der Waals surface area contributed by atoms with Crippen LogP contribution in [0.2, 0.25) is 0 Å². The third-order valence-electron chi connectivity index (χ3n) is 5.52. The third-order valence-corrected chi connectivity index (χ3v) is 5.52. The minimum atomic E-state index is 0. The van der Waals surface area contributed by atoms with E-state index in [4.69, 9.17) is 4.74 Å². The van der Waals surface area contributed by atoms with E-state index in [2.05, 4.69) is 38.7 Å². The van der Waals surface area contributed by atoms with Gasteiger partial charge < -0.3 is 20.3 Å². The summed E-state index contributed by atoms with van der Waals surface area (Å²) in [7, 11) is 3.60. The lowest BCUT2D eigenvalue weighted by atomic mass is 9.95. The van der Waals surface area contributed by atoms with Crippen LogP contribution in [0.25, 0.3) is 0 Å². The number of halogens is 1. The quantitative estimate of drug-likeness (QED) is 0.364. The van der Waals surface area contributed by atoms with Crippen molar-refractivity contribution in [2.75, 3.05) is 46.9 Å². The summed E-state index contributed by atoms with van der Waals surface area (Å²) in [5, 5.41) is 6.99. The van der Waals surface area contributed by atoms with E-state index in [-0.39, 0.29) is 29.4 Å². The van der Waals surface area contributed by atoms with Crippen LogP contribution in [-0.4, -0.2) is 57.7 Å². The highest BCUT2D eigenvalue weighted by Gasteiger charge is 2.46. The number of guanidine groups is 1. The van der Waals surface area contributed by atoms with Gasteiger partial charge in [0.25, 0.3) is 0 Å².